The molecule has 21 heavy (non-hydrogen) atoms. The molecule has 1 aliphatic rings. The van der Waals surface area contributed by atoms with E-state index < -0.39 is 5.97 Å². The van der Waals surface area contributed by atoms with E-state index >= 15 is 0 Å². The van der Waals surface area contributed by atoms with Crippen molar-refractivity contribution in [1.82, 2.24) is 5.32 Å². The summed E-state index contributed by atoms with van der Waals surface area (Å²) in [4.78, 5) is 10.8. The van der Waals surface area contributed by atoms with Crippen molar-refractivity contribution in [2.75, 3.05) is 13.1 Å². The highest BCUT2D eigenvalue weighted by Crippen LogP contribution is 2.24. The van der Waals surface area contributed by atoms with Gasteiger partial charge >= 0.3 is 5.97 Å². The summed E-state index contributed by atoms with van der Waals surface area (Å²) in [6.45, 7) is 1.97. The van der Waals surface area contributed by atoms with E-state index in [0.29, 0.717) is 0 Å². The second-order valence-electron chi connectivity index (χ2n) is 5.50. The van der Waals surface area contributed by atoms with Gasteiger partial charge in [0.25, 0.3) is 0 Å². The first-order valence-corrected chi connectivity index (χ1v) is 7.32. The highest BCUT2D eigenvalue weighted by atomic mass is 16.5. The smallest absolute Gasteiger partial charge is 0.307 e. The Bertz CT molecular complexity index is 648. The lowest BCUT2D eigenvalue weighted by Crippen LogP contribution is -2.37. The number of aliphatic carboxylic acids is 1. The van der Waals surface area contributed by atoms with Crippen LogP contribution < -0.4 is 10.1 Å². The number of hydrogen-bond acceptors (Lipinski definition) is 3. The van der Waals surface area contributed by atoms with Crippen LogP contribution in [0.4, 0.5) is 0 Å². The lowest BCUT2D eigenvalue weighted by molar-refractivity contribution is -0.136. The van der Waals surface area contributed by atoms with E-state index in [2.05, 4.69) is 5.32 Å². The fourth-order valence-corrected chi connectivity index (χ4v) is 2.74. The topological polar surface area (TPSA) is 58.6 Å². The molecule has 0 radical (unpaired) electrons. The minimum atomic E-state index is -0.806. The van der Waals surface area contributed by atoms with Gasteiger partial charge in [-0.25, -0.2) is 0 Å². The Balaban J connectivity index is 1.78. The Hall–Kier alpha value is -2.07. The van der Waals surface area contributed by atoms with E-state index in [-0.39, 0.29) is 12.5 Å². The largest absolute Gasteiger partial charge is 0.489 e. The van der Waals surface area contributed by atoms with E-state index in [1.807, 2.05) is 36.4 Å². The van der Waals surface area contributed by atoms with Gasteiger partial charge in [0.2, 0.25) is 0 Å². The van der Waals surface area contributed by atoms with Crippen LogP contribution in [0.25, 0.3) is 10.8 Å². The van der Waals surface area contributed by atoms with Gasteiger partial charge in [0.05, 0.1) is 6.42 Å². The Morgan fingerprint density at radius 1 is 1.24 bits per heavy atom. The second-order valence-corrected chi connectivity index (χ2v) is 5.50. The standard InChI is InChI=1S/C17H19NO3/c19-17(20)9-12-3-4-14-10-15(6-5-13(14)8-12)21-16-2-1-7-18-11-16/h3-6,8,10,16,18H,1-2,7,9,11H2,(H,19,20). The fraction of sp³-hybridized carbons (Fsp3) is 0.353. The van der Waals surface area contributed by atoms with Crippen molar-refractivity contribution in [3.63, 3.8) is 0 Å². The molecule has 0 amide bonds. The molecule has 3 rings (SSSR count). The van der Waals surface area contributed by atoms with E-state index in [9.17, 15) is 4.79 Å². The van der Waals surface area contributed by atoms with Crippen molar-refractivity contribution in [2.45, 2.75) is 25.4 Å². The number of ether oxygens (including phenoxy) is 1. The summed E-state index contributed by atoms with van der Waals surface area (Å²) < 4.78 is 6.00. The lowest BCUT2D eigenvalue weighted by atomic mass is 10.0. The van der Waals surface area contributed by atoms with Gasteiger partial charge in [0.15, 0.2) is 0 Å². The molecule has 4 nitrogen and oxygen atoms in total. The Labute approximate surface area is 123 Å². The van der Waals surface area contributed by atoms with Crippen LogP contribution >= 0.6 is 0 Å². The first kappa shape index (κ1) is 13.9. The van der Waals surface area contributed by atoms with E-state index in [4.69, 9.17) is 9.84 Å². The zero-order chi connectivity index (χ0) is 14.7. The highest BCUT2D eigenvalue weighted by molar-refractivity contribution is 5.85. The fourth-order valence-electron chi connectivity index (χ4n) is 2.74. The molecular weight excluding hydrogens is 266 g/mol. The molecule has 2 aromatic carbocycles. The van der Waals surface area contributed by atoms with Crippen LogP contribution in [0.15, 0.2) is 36.4 Å². The molecule has 1 atom stereocenters. The molecule has 0 spiro atoms. The van der Waals surface area contributed by atoms with Crippen LogP contribution in [0.5, 0.6) is 5.75 Å². The summed E-state index contributed by atoms with van der Waals surface area (Å²) in [5, 5.41) is 14.3. The van der Waals surface area contributed by atoms with Gasteiger partial charge < -0.3 is 15.2 Å². The summed E-state index contributed by atoms with van der Waals surface area (Å²) in [6, 6.07) is 11.7. The Morgan fingerprint density at radius 3 is 2.81 bits per heavy atom. The van der Waals surface area contributed by atoms with Crippen LogP contribution in [0.3, 0.4) is 0 Å². The second kappa shape index (κ2) is 6.14. The third-order valence-electron chi connectivity index (χ3n) is 3.79. The third-order valence-corrected chi connectivity index (χ3v) is 3.79. The molecule has 0 saturated carbocycles. The monoisotopic (exact) mass is 285 g/mol. The maximum Gasteiger partial charge on any atom is 0.307 e. The third kappa shape index (κ3) is 3.52. The number of piperidine rings is 1. The Kier molecular flexibility index (Phi) is 4.06. The molecule has 1 unspecified atom stereocenters. The summed E-state index contributed by atoms with van der Waals surface area (Å²) in [6.07, 6.45) is 2.53. The Morgan fingerprint density at radius 2 is 2.05 bits per heavy atom. The van der Waals surface area contributed by atoms with Crippen LogP contribution in [0.1, 0.15) is 18.4 Å². The molecule has 1 fully saturated rings. The van der Waals surface area contributed by atoms with Crippen LogP contribution in [0, 0.1) is 0 Å². The summed E-state index contributed by atoms with van der Waals surface area (Å²) >= 11 is 0. The van der Waals surface area contributed by atoms with Crippen molar-refractivity contribution in [3.05, 3.63) is 42.0 Å². The molecule has 2 N–H and O–H groups in total. The van der Waals surface area contributed by atoms with Gasteiger partial charge in [-0.05, 0) is 47.9 Å². The number of nitrogens with one attached hydrogen (secondary N) is 1. The molecule has 1 heterocycles. The number of fused-ring (bicyclic) bond motifs is 1. The summed E-state index contributed by atoms with van der Waals surface area (Å²) in [5.74, 6) is 0.0706. The van der Waals surface area contributed by atoms with Crippen molar-refractivity contribution in [3.8, 4) is 5.75 Å². The van der Waals surface area contributed by atoms with Gasteiger partial charge in [-0.15, -0.1) is 0 Å². The molecule has 0 aliphatic carbocycles. The van der Waals surface area contributed by atoms with Gasteiger partial charge in [-0.3, -0.25) is 4.79 Å². The maximum absolute atomic E-state index is 10.8. The van der Waals surface area contributed by atoms with Crippen LogP contribution in [-0.4, -0.2) is 30.3 Å². The molecule has 1 saturated heterocycles. The van der Waals surface area contributed by atoms with E-state index in [1.54, 1.807) is 0 Å². The maximum atomic E-state index is 10.8. The molecule has 4 heteroatoms. The van der Waals surface area contributed by atoms with Gasteiger partial charge in [0, 0.05) is 6.54 Å². The molecular formula is C17H19NO3. The molecule has 110 valence electrons. The van der Waals surface area contributed by atoms with Crippen molar-refractivity contribution >= 4 is 16.7 Å². The number of carboxylic acid groups (broad SMARTS) is 1. The zero-order valence-electron chi connectivity index (χ0n) is 11.8. The highest BCUT2D eigenvalue weighted by Gasteiger charge is 2.14. The lowest BCUT2D eigenvalue weighted by Gasteiger charge is -2.24. The number of carboxylic acids is 1. The number of benzene rings is 2. The van der Waals surface area contributed by atoms with Crippen LogP contribution in [-0.2, 0) is 11.2 Å². The average Bonchev–Trinajstić information content (AvgIpc) is 2.48. The minimum absolute atomic E-state index is 0.0575. The molecule has 0 bridgehead atoms. The minimum Gasteiger partial charge on any atom is -0.489 e. The number of hydrogen-bond donors (Lipinski definition) is 2. The summed E-state index contributed by atoms with van der Waals surface area (Å²) in [7, 11) is 0. The molecule has 0 aromatic heterocycles. The SMILES string of the molecule is O=C(O)Cc1ccc2cc(OC3CCCNC3)ccc2c1. The number of carbonyl (C=O) groups is 1. The first-order chi connectivity index (χ1) is 10.2. The summed E-state index contributed by atoms with van der Waals surface area (Å²) in [5.41, 5.74) is 0.820. The average molecular weight is 285 g/mol. The van der Waals surface area contributed by atoms with Gasteiger partial charge in [0.1, 0.15) is 11.9 Å². The first-order valence-electron chi connectivity index (χ1n) is 7.32. The van der Waals surface area contributed by atoms with Gasteiger partial charge in [-0.1, -0.05) is 24.3 Å². The normalized spacial score (nSPS) is 18.6. The van der Waals surface area contributed by atoms with E-state index in [1.165, 1.54) is 0 Å². The van der Waals surface area contributed by atoms with Crippen molar-refractivity contribution < 1.29 is 14.6 Å². The van der Waals surface area contributed by atoms with Crippen LogP contribution in [0.2, 0.25) is 0 Å². The van der Waals surface area contributed by atoms with Crippen molar-refractivity contribution in [2.24, 2.45) is 0 Å². The van der Waals surface area contributed by atoms with Gasteiger partial charge in [-0.2, -0.15) is 0 Å². The number of rotatable bonds is 4. The van der Waals surface area contributed by atoms with Crippen molar-refractivity contribution in [1.29, 1.82) is 0 Å². The molecule has 1 aliphatic heterocycles. The predicted octanol–water partition coefficient (Wildman–Crippen LogP) is 2.60. The zero-order valence-corrected chi connectivity index (χ0v) is 11.8. The quantitative estimate of drug-likeness (QED) is 0.906. The predicted molar refractivity (Wildman–Crippen MR) is 81.8 cm³/mol. The molecule has 2 aromatic rings. The van der Waals surface area contributed by atoms with E-state index in [0.717, 1.165) is 48.0 Å².